The molecule has 1 aliphatic rings. The van der Waals surface area contributed by atoms with Crippen LogP contribution in [-0.4, -0.2) is 61.5 Å². The third kappa shape index (κ3) is 7.84. The zero-order valence-electron chi connectivity index (χ0n) is 20.4. The number of halogens is 2. The highest BCUT2D eigenvalue weighted by molar-refractivity contribution is 6.31. The average Bonchev–Trinajstić information content (AvgIpc) is 2.85. The van der Waals surface area contributed by atoms with Gasteiger partial charge in [-0.05, 0) is 49.1 Å². The molecule has 1 aliphatic heterocycles. The lowest BCUT2D eigenvalue weighted by molar-refractivity contribution is -0.138. The molecule has 1 atom stereocenters. The van der Waals surface area contributed by atoms with Crippen LogP contribution in [-0.2, 0) is 9.59 Å². The maximum atomic E-state index is 13.9. The van der Waals surface area contributed by atoms with Crippen molar-refractivity contribution in [3.05, 3.63) is 58.9 Å². The highest BCUT2D eigenvalue weighted by atomic mass is 35.5. The summed E-state index contributed by atoms with van der Waals surface area (Å²) < 4.78 is 25.1. The van der Waals surface area contributed by atoms with Crippen LogP contribution in [0.3, 0.4) is 0 Å². The number of para-hydroxylation sites is 1. The number of amides is 3. The van der Waals surface area contributed by atoms with Gasteiger partial charge < -0.3 is 25.0 Å². The van der Waals surface area contributed by atoms with Gasteiger partial charge in [0.15, 0.2) is 18.2 Å². The number of hydrogen-bond acceptors (Lipinski definition) is 5. The Bertz CT molecular complexity index is 1080. The second kappa shape index (κ2) is 13.1. The third-order valence-electron chi connectivity index (χ3n) is 5.77. The quantitative estimate of drug-likeness (QED) is 0.645. The van der Waals surface area contributed by atoms with Gasteiger partial charge in [-0.25, -0.2) is 4.39 Å². The molecule has 0 bridgehead atoms. The molecule has 0 saturated heterocycles. The van der Waals surface area contributed by atoms with Crippen LogP contribution < -0.4 is 20.1 Å². The topological polar surface area (TPSA) is 97.0 Å². The fraction of sp³-hybridized carbons (Fsp3) is 0.423. The Kier molecular flexibility index (Phi) is 9.93. The first-order valence-corrected chi connectivity index (χ1v) is 12.3. The van der Waals surface area contributed by atoms with E-state index in [2.05, 4.69) is 10.6 Å². The van der Waals surface area contributed by atoms with Crippen LogP contribution in [0, 0.1) is 11.7 Å². The number of hydrogen-bond donors (Lipinski definition) is 2. The molecular weight excluding hydrogens is 489 g/mol. The fourth-order valence-corrected chi connectivity index (χ4v) is 3.79. The third-order valence-corrected chi connectivity index (χ3v) is 6.01. The van der Waals surface area contributed by atoms with Crippen molar-refractivity contribution in [3.8, 4) is 11.5 Å². The van der Waals surface area contributed by atoms with Crippen molar-refractivity contribution in [2.75, 3.05) is 32.8 Å². The number of benzene rings is 2. The van der Waals surface area contributed by atoms with Crippen molar-refractivity contribution in [1.29, 1.82) is 0 Å². The minimum atomic E-state index is -0.571. The van der Waals surface area contributed by atoms with Crippen LogP contribution in [0.15, 0.2) is 42.5 Å². The maximum Gasteiger partial charge on any atom is 0.260 e. The Hall–Kier alpha value is -3.33. The molecular formula is C26H31ClFN3O5. The molecule has 36 heavy (non-hydrogen) atoms. The van der Waals surface area contributed by atoms with Gasteiger partial charge in [0.2, 0.25) is 5.91 Å². The van der Waals surface area contributed by atoms with Crippen LogP contribution in [0.25, 0.3) is 0 Å². The van der Waals surface area contributed by atoms with Crippen molar-refractivity contribution in [3.63, 3.8) is 0 Å². The summed E-state index contributed by atoms with van der Waals surface area (Å²) in [4.78, 5) is 39.9. The van der Waals surface area contributed by atoms with E-state index in [-0.39, 0.29) is 49.2 Å². The molecule has 0 aromatic heterocycles. The summed E-state index contributed by atoms with van der Waals surface area (Å²) in [7, 11) is 0. The van der Waals surface area contributed by atoms with Crippen LogP contribution >= 0.6 is 11.6 Å². The Morgan fingerprint density at radius 2 is 2.00 bits per heavy atom. The van der Waals surface area contributed by atoms with Gasteiger partial charge in [-0.15, -0.1) is 0 Å². The van der Waals surface area contributed by atoms with E-state index in [1.165, 1.54) is 23.1 Å². The SMILES string of the molecule is CC(C)[C@@H]1COc2ccc(Cl)cc2C(=O)NCCCCN(C(=O)COc2ccccc2F)CC(=O)N1. The molecule has 0 spiro atoms. The highest BCUT2D eigenvalue weighted by Gasteiger charge is 2.23. The van der Waals surface area contributed by atoms with E-state index in [9.17, 15) is 18.8 Å². The van der Waals surface area contributed by atoms with E-state index in [1.54, 1.807) is 24.3 Å². The number of carbonyl (C=O) groups is 3. The van der Waals surface area contributed by atoms with Crippen molar-refractivity contribution in [2.24, 2.45) is 5.92 Å². The first-order chi connectivity index (χ1) is 17.2. The first-order valence-electron chi connectivity index (χ1n) is 11.9. The van der Waals surface area contributed by atoms with E-state index >= 15 is 0 Å². The minimum Gasteiger partial charge on any atom is -0.491 e. The van der Waals surface area contributed by atoms with Gasteiger partial charge in [-0.2, -0.15) is 0 Å². The Morgan fingerprint density at radius 3 is 2.75 bits per heavy atom. The van der Waals surface area contributed by atoms with Gasteiger partial charge in [-0.1, -0.05) is 37.6 Å². The smallest absolute Gasteiger partial charge is 0.260 e. The molecule has 8 nitrogen and oxygen atoms in total. The monoisotopic (exact) mass is 519 g/mol. The van der Waals surface area contributed by atoms with Gasteiger partial charge in [-0.3, -0.25) is 14.4 Å². The van der Waals surface area contributed by atoms with Crippen LogP contribution in [0.4, 0.5) is 4.39 Å². The van der Waals surface area contributed by atoms with Crippen molar-refractivity contribution >= 4 is 29.3 Å². The predicted octanol–water partition coefficient (Wildman–Crippen LogP) is 3.43. The lowest BCUT2D eigenvalue weighted by atomic mass is 10.1. The summed E-state index contributed by atoms with van der Waals surface area (Å²) in [6, 6.07) is 10.2. The molecule has 2 aromatic rings. The highest BCUT2D eigenvalue weighted by Crippen LogP contribution is 2.24. The second-order valence-electron chi connectivity index (χ2n) is 8.87. The molecule has 0 saturated carbocycles. The number of fused-ring (bicyclic) bond motifs is 1. The van der Waals surface area contributed by atoms with E-state index in [0.29, 0.717) is 35.7 Å². The largest absolute Gasteiger partial charge is 0.491 e. The van der Waals surface area contributed by atoms with Crippen molar-refractivity contribution in [2.45, 2.75) is 32.7 Å². The Morgan fingerprint density at radius 1 is 1.22 bits per heavy atom. The molecule has 0 radical (unpaired) electrons. The van der Waals surface area contributed by atoms with Crippen LogP contribution in [0.5, 0.6) is 11.5 Å². The van der Waals surface area contributed by atoms with Crippen molar-refractivity contribution < 1.29 is 28.2 Å². The zero-order valence-corrected chi connectivity index (χ0v) is 21.1. The summed E-state index contributed by atoms with van der Waals surface area (Å²) in [5, 5.41) is 6.18. The maximum absolute atomic E-state index is 13.9. The summed E-state index contributed by atoms with van der Waals surface area (Å²) in [5.74, 6) is -1.33. The summed E-state index contributed by atoms with van der Waals surface area (Å²) in [6.45, 7) is 4.04. The normalized spacial score (nSPS) is 17.7. The first kappa shape index (κ1) is 27.3. The molecule has 2 aromatic carbocycles. The number of rotatable bonds is 4. The molecule has 0 unspecified atom stereocenters. The number of ether oxygens (including phenoxy) is 2. The Balaban J connectivity index is 1.73. The lowest BCUT2D eigenvalue weighted by Gasteiger charge is -2.26. The molecule has 3 amide bonds. The number of carbonyl (C=O) groups excluding carboxylic acids is 3. The Labute approximate surface area is 215 Å². The number of nitrogens with one attached hydrogen (secondary N) is 2. The van der Waals surface area contributed by atoms with E-state index < -0.39 is 18.3 Å². The predicted molar refractivity (Wildman–Crippen MR) is 134 cm³/mol. The second-order valence-corrected chi connectivity index (χ2v) is 9.30. The minimum absolute atomic E-state index is 0.0164. The van der Waals surface area contributed by atoms with E-state index in [4.69, 9.17) is 21.1 Å². The summed E-state index contributed by atoms with van der Waals surface area (Å²) in [5.41, 5.74) is 0.313. The standard InChI is InChI=1S/C26H31ClFN3O5/c1-17(2)21-15-35-22-10-9-18(27)13-19(22)26(34)29-11-5-6-12-31(14-24(32)30-21)25(33)16-36-23-8-4-3-7-20(23)28/h3-4,7-10,13,17,21H,5-6,11-12,14-16H2,1-2H3,(H,29,34)(H,30,32)/t21-/m0/s1. The van der Waals surface area contributed by atoms with Gasteiger partial charge in [0, 0.05) is 18.1 Å². The van der Waals surface area contributed by atoms with Gasteiger partial charge >= 0.3 is 0 Å². The van der Waals surface area contributed by atoms with Crippen LogP contribution in [0.1, 0.15) is 37.0 Å². The molecule has 10 heteroatoms. The molecule has 0 fully saturated rings. The van der Waals surface area contributed by atoms with Crippen LogP contribution in [0.2, 0.25) is 5.02 Å². The summed E-state index contributed by atoms with van der Waals surface area (Å²) in [6.07, 6.45) is 1.10. The van der Waals surface area contributed by atoms with E-state index in [0.717, 1.165) is 0 Å². The van der Waals surface area contributed by atoms with Gasteiger partial charge in [0.25, 0.3) is 11.8 Å². The van der Waals surface area contributed by atoms with E-state index in [1.807, 2.05) is 13.8 Å². The number of nitrogens with zero attached hydrogens (tertiary/aromatic N) is 1. The molecule has 194 valence electrons. The zero-order chi connectivity index (χ0) is 26.1. The molecule has 3 rings (SSSR count). The molecule has 1 heterocycles. The summed E-state index contributed by atoms with van der Waals surface area (Å²) >= 11 is 6.09. The van der Waals surface area contributed by atoms with Gasteiger partial charge in [0.05, 0.1) is 18.2 Å². The molecule has 2 N–H and O–H groups in total. The average molecular weight is 520 g/mol. The molecule has 0 aliphatic carbocycles. The lowest BCUT2D eigenvalue weighted by Crippen LogP contribution is -2.49. The fourth-order valence-electron chi connectivity index (χ4n) is 3.62. The van der Waals surface area contributed by atoms with Gasteiger partial charge in [0.1, 0.15) is 12.4 Å². The van der Waals surface area contributed by atoms with Crippen molar-refractivity contribution in [1.82, 2.24) is 15.5 Å².